The number of guanidine groups is 1. The molecule has 2 rings (SSSR count). The molecule has 0 fully saturated rings. The molecule has 0 aromatic heterocycles. The highest BCUT2D eigenvalue weighted by molar-refractivity contribution is 7.89. The maximum absolute atomic E-state index is 11.5. The zero-order valence-electron chi connectivity index (χ0n) is 15.9. The van der Waals surface area contributed by atoms with Crippen molar-refractivity contribution in [1.82, 2.24) is 10.6 Å². The van der Waals surface area contributed by atoms with Gasteiger partial charge in [-0.15, -0.1) is 0 Å². The third-order valence-electron chi connectivity index (χ3n) is 3.70. The van der Waals surface area contributed by atoms with Crippen LogP contribution in [0.15, 0.2) is 58.4 Å². The van der Waals surface area contributed by atoms with E-state index in [-0.39, 0.29) is 11.0 Å². The van der Waals surface area contributed by atoms with Crippen LogP contribution in [0.4, 0.5) is 0 Å². The van der Waals surface area contributed by atoms with Gasteiger partial charge >= 0.3 is 0 Å². The molecule has 1 atom stereocenters. The summed E-state index contributed by atoms with van der Waals surface area (Å²) in [7, 11) is -3.73. The lowest BCUT2D eigenvalue weighted by Gasteiger charge is -2.17. The Hall–Kier alpha value is -2.29. The van der Waals surface area contributed by atoms with Crippen LogP contribution in [-0.4, -0.2) is 33.6 Å². The third-order valence-corrected chi connectivity index (χ3v) is 4.86. The van der Waals surface area contributed by atoms with Crippen molar-refractivity contribution < 1.29 is 13.2 Å². The van der Waals surface area contributed by atoms with E-state index in [4.69, 9.17) is 21.5 Å². The van der Waals surface area contributed by atoms with Crippen LogP contribution < -0.4 is 20.5 Å². The first-order valence-electron chi connectivity index (χ1n) is 8.84. The van der Waals surface area contributed by atoms with Crippen molar-refractivity contribution >= 4 is 27.6 Å². The van der Waals surface area contributed by atoms with E-state index < -0.39 is 10.0 Å². The number of primary sulfonamides is 1. The molecule has 7 nitrogen and oxygen atoms in total. The Labute approximate surface area is 171 Å². The summed E-state index contributed by atoms with van der Waals surface area (Å²) in [6.45, 7) is 5.44. The van der Waals surface area contributed by atoms with Crippen molar-refractivity contribution in [3.63, 3.8) is 0 Å². The normalized spacial score (nSPS) is 13.1. The smallest absolute Gasteiger partial charge is 0.238 e. The Balaban J connectivity index is 1.95. The van der Waals surface area contributed by atoms with Crippen molar-refractivity contribution in [3.8, 4) is 5.75 Å². The van der Waals surface area contributed by atoms with E-state index in [1.54, 1.807) is 24.3 Å². The van der Waals surface area contributed by atoms with Crippen molar-refractivity contribution in [1.29, 1.82) is 0 Å². The van der Waals surface area contributed by atoms with Gasteiger partial charge in [-0.3, -0.25) is 0 Å². The molecule has 2 aromatic carbocycles. The first-order valence-corrected chi connectivity index (χ1v) is 10.8. The molecule has 28 heavy (non-hydrogen) atoms. The van der Waals surface area contributed by atoms with Crippen molar-refractivity contribution in [3.05, 3.63) is 59.1 Å². The lowest BCUT2D eigenvalue weighted by Crippen LogP contribution is -2.41. The Kier molecular flexibility index (Phi) is 8.10. The summed E-state index contributed by atoms with van der Waals surface area (Å²) in [6.07, 6.45) is -0.101. The molecule has 2 aromatic rings. The molecule has 0 aliphatic heterocycles. The van der Waals surface area contributed by atoms with Crippen LogP contribution in [0.5, 0.6) is 5.75 Å². The minimum atomic E-state index is -3.73. The molecule has 0 aliphatic carbocycles. The molecular weight excluding hydrogens is 400 g/mol. The van der Waals surface area contributed by atoms with Crippen LogP contribution in [0, 0.1) is 0 Å². The predicted octanol–water partition coefficient (Wildman–Crippen LogP) is 2.51. The van der Waals surface area contributed by atoms with Gasteiger partial charge in [-0.25, -0.2) is 18.5 Å². The molecule has 9 heteroatoms. The Bertz CT molecular complexity index is 902. The monoisotopic (exact) mass is 424 g/mol. The SMILES string of the molecule is CCNC(=NCc1cccc(S(N)(=O)=O)c1)NCC(C)Oc1ccc(Cl)cc1. The molecule has 0 radical (unpaired) electrons. The number of nitrogens with zero attached hydrogens (tertiary/aromatic N) is 1. The summed E-state index contributed by atoms with van der Waals surface area (Å²) in [6, 6.07) is 13.6. The van der Waals surface area contributed by atoms with Gasteiger partial charge in [-0.05, 0) is 55.8 Å². The highest BCUT2D eigenvalue weighted by Gasteiger charge is 2.09. The van der Waals surface area contributed by atoms with Crippen LogP contribution in [-0.2, 0) is 16.6 Å². The summed E-state index contributed by atoms with van der Waals surface area (Å²) >= 11 is 5.87. The number of aliphatic imine (C=N–C) groups is 1. The number of nitrogens with one attached hydrogen (secondary N) is 2. The van der Waals surface area contributed by atoms with Crippen molar-refractivity contribution in [2.24, 2.45) is 10.1 Å². The van der Waals surface area contributed by atoms with Gasteiger partial charge in [0.1, 0.15) is 11.9 Å². The molecule has 1 unspecified atom stereocenters. The van der Waals surface area contributed by atoms with Crippen molar-refractivity contribution in [2.75, 3.05) is 13.1 Å². The second-order valence-electron chi connectivity index (χ2n) is 6.15. The van der Waals surface area contributed by atoms with Crippen molar-refractivity contribution in [2.45, 2.75) is 31.4 Å². The van der Waals surface area contributed by atoms with E-state index >= 15 is 0 Å². The largest absolute Gasteiger partial charge is 0.489 e. The van der Waals surface area contributed by atoms with Gasteiger partial charge in [-0.1, -0.05) is 23.7 Å². The fourth-order valence-corrected chi connectivity index (χ4v) is 3.07. The van der Waals surface area contributed by atoms with Gasteiger partial charge < -0.3 is 15.4 Å². The predicted molar refractivity (Wildman–Crippen MR) is 112 cm³/mol. The summed E-state index contributed by atoms with van der Waals surface area (Å²) in [4.78, 5) is 4.56. The van der Waals surface area contributed by atoms with Gasteiger partial charge in [0.15, 0.2) is 5.96 Å². The van der Waals surface area contributed by atoms with Crippen LogP contribution in [0.25, 0.3) is 0 Å². The van der Waals surface area contributed by atoms with Gasteiger partial charge in [0.05, 0.1) is 18.0 Å². The van der Waals surface area contributed by atoms with E-state index in [0.29, 0.717) is 30.6 Å². The van der Waals surface area contributed by atoms with E-state index in [2.05, 4.69) is 15.6 Å². The molecule has 0 spiro atoms. The fourth-order valence-electron chi connectivity index (χ4n) is 2.36. The quantitative estimate of drug-likeness (QED) is 0.446. The Morgan fingerprint density at radius 2 is 1.93 bits per heavy atom. The van der Waals surface area contributed by atoms with Gasteiger partial charge in [0.2, 0.25) is 10.0 Å². The molecular formula is C19H25ClN4O3S. The molecule has 0 saturated heterocycles. The number of sulfonamides is 1. The van der Waals surface area contributed by atoms with E-state index in [9.17, 15) is 8.42 Å². The zero-order chi connectivity index (χ0) is 20.6. The average Bonchev–Trinajstić information content (AvgIpc) is 2.65. The highest BCUT2D eigenvalue weighted by atomic mass is 35.5. The Morgan fingerprint density at radius 3 is 2.57 bits per heavy atom. The topological polar surface area (TPSA) is 106 Å². The minimum absolute atomic E-state index is 0.0724. The lowest BCUT2D eigenvalue weighted by atomic mass is 10.2. The fraction of sp³-hybridized carbons (Fsp3) is 0.316. The van der Waals surface area contributed by atoms with Crippen LogP contribution in [0.3, 0.4) is 0 Å². The molecule has 0 bridgehead atoms. The van der Waals surface area contributed by atoms with E-state index in [1.807, 2.05) is 26.0 Å². The van der Waals surface area contributed by atoms with Crippen LogP contribution >= 0.6 is 11.6 Å². The van der Waals surface area contributed by atoms with Crippen LogP contribution in [0.1, 0.15) is 19.4 Å². The minimum Gasteiger partial charge on any atom is -0.489 e. The molecule has 0 heterocycles. The van der Waals surface area contributed by atoms with Gasteiger partial charge in [0, 0.05) is 11.6 Å². The molecule has 152 valence electrons. The first-order chi connectivity index (χ1) is 13.3. The number of hydrogen-bond acceptors (Lipinski definition) is 4. The molecule has 0 saturated carbocycles. The molecule has 4 N–H and O–H groups in total. The molecule has 0 amide bonds. The summed E-state index contributed by atoms with van der Waals surface area (Å²) in [5.74, 6) is 1.34. The molecule has 0 aliphatic rings. The Morgan fingerprint density at radius 1 is 1.21 bits per heavy atom. The van der Waals surface area contributed by atoms with E-state index in [1.165, 1.54) is 12.1 Å². The number of ether oxygens (including phenoxy) is 1. The highest BCUT2D eigenvalue weighted by Crippen LogP contribution is 2.16. The number of halogens is 1. The summed E-state index contributed by atoms with van der Waals surface area (Å²) < 4.78 is 28.8. The summed E-state index contributed by atoms with van der Waals surface area (Å²) in [5.41, 5.74) is 0.745. The second-order valence-corrected chi connectivity index (χ2v) is 8.15. The summed E-state index contributed by atoms with van der Waals surface area (Å²) in [5, 5.41) is 12.2. The number of nitrogens with two attached hydrogens (primary N) is 1. The third kappa shape index (κ3) is 7.38. The maximum atomic E-state index is 11.5. The average molecular weight is 425 g/mol. The van der Waals surface area contributed by atoms with Crippen LogP contribution in [0.2, 0.25) is 5.02 Å². The second kappa shape index (κ2) is 10.3. The number of rotatable bonds is 8. The standard InChI is InChI=1S/C19H25ClN4O3S/c1-3-22-19(23-12-14(2)27-17-9-7-16(20)8-10-17)24-13-15-5-4-6-18(11-15)28(21,25)26/h4-11,14H,3,12-13H2,1-2H3,(H2,21,25,26)(H2,22,23,24). The number of benzene rings is 2. The lowest BCUT2D eigenvalue weighted by molar-refractivity contribution is 0.224. The first kappa shape index (κ1) is 22.0. The zero-order valence-corrected chi connectivity index (χ0v) is 17.4. The maximum Gasteiger partial charge on any atom is 0.238 e. The van der Waals surface area contributed by atoms with Gasteiger partial charge in [0.25, 0.3) is 0 Å². The number of hydrogen-bond donors (Lipinski definition) is 3. The van der Waals surface area contributed by atoms with Gasteiger partial charge in [-0.2, -0.15) is 0 Å². The van der Waals surface area contributed by atoms with E-state index in [0.717, 1.165) is 11.3 Å².